The Morgan fingerprint density at radius 1 is 1.11 bits per heavy atom. The summed E-state index contributed by atoms with van der Waals surface area (Å²) in [5, 5.41) is 9.56. The van der Waals surface area contributed by atoms with Gasteiger partial charge in [0.1, 0.15) is 4.63 Å². The molecule has 100 valence electrons. The van der Waals surface area contributed by atoms with Gasteiger partial charge >= 0.3 is 0 Å². The Kier molecular flexibility index (Phi) is 3.79. The molecule has 0 saturated heterocycles. The quantitative estimate of drug-likeness (QED) is 0.863. The van der Waals surface area contributed by atoms with E-state index in [0.717, 1.165) is 5.56 Å². The summed E-state index contributed by atoms with van der Waals surface area (Å²) in [7, 11) is -4.11. The molecule has 2 rings (SSSR count). The van der Waals surface area contributed by atoms with E-state index in [2.05, 4.69) is 4.98 Å². The number of hydrogen-bond donors (Lipinski definition) is 1. The summed E-state index contributed by atoms with van der Waals surface area (Å²) in [5.74, 6) is 0.160. The zero-order valence-corrected chi connectivity index (χ0v) is 10.9. The van der Waals surface area contributed by atoms with E-state index in [4.69, 9.17) is 4.84 Å². The number of rotatable bonds is 4. The van der Waals surface area contributed by atoms with E-state index in [1.807, 2.05) is 6.92 Å². The van der Waals surface area contributed by atoms with Crippen molar-refractivity contribution in [2.45, 2.75) is 11.8 Å². The molecule has 0 amide bonds. The first-order valence-corrected chi connectivity index (χ1v) is 6.83. The fourth-order valence-electron chi connectivity index (χ4n) is 1.34. The SMILES string of the molecule is Cc1ccc(S(=O)(=O)N(O)Oc2ccncc2)cc1. The average molecular weight is 280 g/mol. The molecule has 0 fully saturated rings. The number of sulfonamides is 1. The minimum absolute atomic E-state index is 0.0605. The molecule has 7 heteroatoms. The predicted molar refractivity (Wildman–Crippen MR) is 66.9 cm³/mol. The second kappa shape index (κ2) is 5.35. The zero-order valence-electron chi connectivity index (χ0n) is 10.1. The molecular weight excluding hydrogens is 268 g/mol. The van der Waals surface area contributed by atoms with Crippen LogP contribution in [0.25, 0.3) is 0 Å². The van der Waals surface area contributed by atoms with E-state index in [-0.39, 0.29) is 15.3 Å². The van der Waals surface area contributed by atoms with Gasteiger partial charge in [0.05, 0.1) is 4.90 Å². The Labute approximate surface area is 110 Å². The Balaban J connectivity index is 2.22. The average Bonchev–Trinajstić information content (AvgIpc) is 2.40. The lowest BCUT2D eigenvalue weighted by Crippen LogP contribution is -2.30. The minimum atomic E-state index is -4.11. The Morgan fingerprint density at radius 3 is 2.26 bits per heavy atom. The highest BCUT2D eigenvalue weighted by Crippen LogP contribution is 2.17. The van der Waals surface area contributed by atoms with Crippen molar-refractivity contribution in [2.75, 3.05) is 0 Å². The number of pyridine rings is 1. The lowest BCUT2D eigenvalue weighted by atomic mass is 10.2. The van der Waals surface area contributed by atoms with Gasteiger partial charge in [0.25, 0.3) is 10.0 Å². The van der Waals surface area contributed by atoms with E-state index in [1.165, 1.54) is 36.7 Å². The maximum absolute atomic E-state index is 12.0. The van der Waals surface area contributed by atoms with Gasteiger partial charge in [0.2, 0.25) is 0 Å². The van der Waals surface area contributed by atoms with Crippen molar-refractivity contribution in [3.05, 3.63) is 54.4 Å². The van der Waals surface area contributed by atoms with Crippen LogP contribution < -0.4 is 4.84 Å². The first kappa shape index (κ1) is 13.5. The van der Waals surface area contributed by atoms with E-state index >= 15 is 0 Å². The standard InChI is InChI=1S/C12H12N2O4S/c1-10-2-4-12(5-3-10)19(16,17)14(15)18-11-6-8-13-9-7-11/h2-9,15H,1H3. The third-order valence-corrected chi connectivity index (χ3v) is 3.71. The lowest BCUT2D eigenvalue weighted by Gasteiger charge is -2.15. The van der Waals surface area contributed by atoms with Crippen molar-refractivity contribution in [3.63, 3.8) is 0 Å². The van der Waals surface area contributed by atoms with Gasteiger partial charge in [-0.3, -0.25) is 10.2 Å². The third kappa shape index (κ3) is 3.08. The van der Waals surface area contributed by atoms with E-state index in [0.29, 0.717) is 0 Å². The third-order valence-electron chi connectivity index (χ3n) is 2.36. The highest BCUT2D eigenvalue weighted by Gasteiger charge is 2.25. The highest BCUT2D eigenvalue weighted by atomic mass is 32.2. The second-order valence-corrected chi connectivity index (χ2v) is 5.53. The Morgan fingerprint density at radius 2 is 1.68 bits per heavy atom. The fraction of sp³-hybridized carbons (Fsp3) is 0.0833. The number of nitrogens with zero attached hydrogens (tertiary/aromatic N) is 2. The summed E-state index contributed by atoms with van der Waals surface area (Å²) in [5.41, 5.74) is 0.915. The maximum Gasteiger partial charge on any atom is 0.298 e. The highest BCUT2D eigenvalue weighted by molar-refractivity contribution is 7.88. The predicted octanol–water partition coefficient (Wildman–Crippen LogP) is 1.76. The molecule has 0 aliphatic heterocycles. The topological polar surface area (TPSA) is 79.7 Å². The van der Waals surface area contributed by atoms with Crippen LogP contribution in [0, 0.1) is 6.92 Å². The second-order valence-electron chi connectivity index (χ2n) is 3.80. The van der Waals surface area contributed by atoms with Gasteiger partial charge < -0.3 is 4.84 Å². The van der Waals surface area contributed by atoms with Crippen LogP contribution in [0.1, 0.15) is 5.56 Å². The van der Waals surface area contributed by atoms with Crippen molar-refractivity contribution < 1.29 is 18.5 Å². The van der Waals surface area contributed by atoms with Crippen LogP contribution in [-0.4, -0.2) is 23.2 Å². The summed E-state index contributed by atoms with van der Waals surface area (Å²) in [6.45, 7) is 1.83. The molecule has 1 N–H and O–H groups in total. The van der Waals surface area contributed by atoms with Gasteiger partial charge in [-0.25, -0.2) is 8.42 Å². The van der Waals surface area contributed by atoms with Crippen LogP contribution in [0.3, 0.4) is 0 Å². The van der Waals surface area contributed by atoms with Gasteiger partial charge in [-0.15, -0.1) is 0 Å². The van der Waals surface area contributed by atoms with Gasteiger partial charge in [0.15, 0.2) is 5.75 Å². The summed E-state index contributed by atoms with van der Waals surface area (Å²) in [4.78, 5) is 8.52. The molecule has 6 nitrogen and oxygen atoms in total. The van der Waals surface area contributed by atoms with E-state index < -0.39 is 10.0 Å². The van der Waals surface area contributed by atoms with Crippen LogP contribution in [0.2, 0.25) is 0 Å². The largest absolute Gasteiger partial charge is 0.366 e. The molecule has 0 aliphatic carbocycles. The number of aromatic nitrogens is 1. The van der Waals surface area contributed by atoms with Gasteiger partial charge in [-0.05, 0) is 19.1 Å². The molecule has 1 aromatic heterocycles. The number of benzene rings is 1. The fourth-order valence-corrected chi connectivity index (χ4v) is 2.18. The molecule has 0 unspecified atom stereocenters. The van der Waals surface area contributed by atoms with Crippen molar-refractivity contribution in [1.82, 2.24) is 9.62 Å². The van der Waals surface area contributed by atoms with Gasteiger partial charge in [0, 0.05) is 24.5 Å². The summed E-state index contributed by atoms with van der Waals surface area (Å²) in [6, 6.07) is 8.90. The monoisotopic (exact) mass is 280 g/mol. The normalized spacial score (nSPS) is 11.5. The van der Waals surface area contributed by atoms with Crippen LogP contribution >= 0.6 is 0 Å². The first-order chi connectivity index (χ1) is 9.00. The molecule has 0 aliphatic rings. The molecule has 0 saturated carbocycles. The Hall–Kier alpha value is -1.96. The van der Waals surface area contributed by atoms with Crippen molar-refractivity contribution >= 4 is 10.0 Å². The smallest absolute Gasteiger partial charge is 0.298 e. The summed E-state index contributed by atoms with van der Waals surface area (Å²) >= 11 is 0. The molecule has 2 aromatic rings. The molecule has 19 heavy (non-hydrogen) atoms. The lowest BCUT2D eigenvalue weighted by molar-refractivity contribution is -0.200. The van der Waals surface area contributed by atoms with Gasteiger partial charge in [-0.1, -0.05) is 17.7 Å². The van der Waals surface area contributed by atoms with E-state index in [9.17, 15) is 13.6 Å². The zero-order chi connectivity index (χ0) is 13.9. The summed E-state index contributed by atoms with van der Waals surface area (Å²) < 4.78 is 23.8. The minimum Gasteiger partial charge on any atom is -0.366 e. The first-order valence-electron chi connectivity index (χ1n) is 5.39. The van der Waals surface area contributed by atoms with E-state index in [1.54, 1.807) is 12.1 Å². The van der Waals surface area contributed by atoms with Gasteiger partial charge in [-0.2, -0.15) is 0 Å². The number of hydrogen-bond acceptors (Lipinski definition) is 5. The molecule has 0 bridgehead atoms. The Bertz CT molecular complexity index is 641. The molecule has 1 heterocycles. The maximum atomic E-state index is 12.0. The van der Waals surface area contributed by atoms with Crippen molar-refractivity contribution in [3.8, 4) is 5.75 Å². The molecule has 1 aromatic carbocycles. The molecule has 0 spiro atoms. The van der Waals surface area contributed by atoms with Crippen LogP contribution in [-0.2, 0) is 10.0 Å². The summed E-state index contributed by atoms with van der Waals surface area (Å²) in [6.07, 6.45) is 2.84. The molecular formula is C12H12N2O4S. The van der Waals surface area contributed by atoms with Crippen LogP contribution in [0.4, 0.5) is 0 Å². The van der Waals surface area contributed by atoms with Crippen molar-refractivity contribution in [2.24, 2.45) is 0 Å². The molecule has 0 atom stereocenters. The number of aryl methyl sites for hydroxylation is 1. The molecule has 0 radical (unpaired) electrons. The van der Waals surface area contributed by atoms with Crippen LogP contribution in [0.15, 0.2) is 53.7 Å². The van der Waals surface area contributed by atoms with Crippen LogP contribution in [0.5, 0.6) is 5.75 Å². The van der Waals surface area contributed by atoms with Crippen molar-refractivity contribution in [1.29, 1.82) is 0 Å².